The SMILES string of the molecule is C[C@@H](OC[C@@H](O)CNC(=O)c1ccccn1)c1ccccc1. The van der Waals surface area contributed by atoms with Gasteiger partial charge in [-0.05, 0) is 24.6 Å². The molecule has 0 aliphatic heterocycles. The first-order chi connectivity index (χ1) is 10.7. The highest BCUT2D eigenvalue weighted by Crippen LogP contribution is 2.15. The molecule has 22 heavy (non-hydrogen) atoms. The monoisotopic (exact) mass is 300 g/mol. The topological polar surface area (TPSA) is 71.5 Å². The van der Waals surface area contributed by atoms with Gasteiger partial charge in [-0.3, -0.25) is 9.78 Å². The summed E-state index contributed by atoms with van der Waals surface area (Å²) in [7, 11) is 0. The van der Waals surface area contributed by atoms with Crippen LogP contribution in [0.15, 0.2) is 54.7 Å². The second-order valence-electron chi connectivity index (χ2n) is 4.97. The summed E-state index contributed by atoms with van der Waals surface area (Å²) in [5, 5.41) is 12.5. The van der Waals surface area contributed by atoms with Gasteiger partial charge in [0.05, 0.1) is 18.8 Å². The standard InChI is InChI=1S/C17H20N2O3/c1-13(14-7-3-2-4-8-14)22-12-15(20)11-19-17(21)16-9-5-6-10-18-16/h2-10,13,15,20H,11-12H2,1H3,(H,19,21)/t13-,15+/m1/s1. The number of amides is 1. The van der Waals surface area contributed by atoms with Crippen molar-refractivity contribution in [3.63, 3.8) is 0 Å². The van der Waals surface area contributed by atoms with E-state index in [1.807, 2.05) is 37.3 Å². The highest BCUT2D eigenvalue weighted by molar-refractivity contribution is 5.92. The molecule has 2 N–H and O–H groups in total. The van der Waals surface area contributed by atoms with Gasteiger partial charge >= 0.3 is 0 Å². The summed E-state index contributed by atoms with van der Waals surface area (Å²) in [6, 6.07) is 14.9. The van der Waals surface area contributed by atoms with Crippen molar-refractivity contribution in [3.8, 4) is 0 Å². The van der Waals surface area contributed by atoms with E-state index in [1.54, 1.807) is 24.4 Å². The fourth-order valence-corrected chi connectivity index (χ4v) is 1.93. The summed E-state index contributed by atoms with van der Waals surface area (Å²) in [5.41, 5.74) is 1.38. The first-order valence-electron chi connectivity index (χ1n) is 7.20. The molecular formula is C17H20N2O3. The third kappa shape index (κ3) is 4.95. The number of benzene rings is 1. The second-order valence-corrected chi connectivity index (χ2v) is 4.97. The van der Waals surface area contributed by atoms with E-state index < -0.39 is 6.10 Å². The number of carbonyl (C=O) groups excluding carboxylic acids is 1. The molecule has 2 aromatic rings. The van der Waals surface area contributed by atoms with E-state index in [1.165, 1.54) is 0 Å². The van der Waals surface area contributed by atoms with Gasteiger partial charge in [-0.1, -0.05) is 36.4 Å². The Morgan fingerprint density at radius 3 is 2.64 bits per heavy atom. The molecule has 1 aromatic heterocycles. The third-order valence-electron chi connectivity index (χ3n) is 3.20. The molecule has 1 amide bonds. The number of aromatic nitrogens is 1. The predicted octanol–water partition coefficient (Wildman–Crippen LogP) is 1.95. The number of hydrogen-bond donors (Lipinski definition) is 2. The van der Waals surface area contributed by atoms with Crippen LogP contribution >= 0.6 is 0 Å². The zero-order valence-corrected chi connectivity index (χ0v) is 12.5. The van der Waals surface area contributed by atoms with Crippen molar-refractivity contribution in [2.24, 2.45) is 0 Å². The molecule has 0 radical (unpaired) electrons. The van der Waals surface area contributed by atoms with Crippen LogP contribution in [0.3, 0.4) is 0 Å². The number of rotatable bonds is 7. The Morgan fingerprint density at radius 1 is 1.23 bits per heavy atom. The van der Waals surface area contributed by atoms with Crippen LogP contribution in [0.4, 0.5) is 0 Å². The third-order valence-corrected chi connectivity index (χ3v) is 3.20. The lowest BCUT2D eigenvalue weighted by atomic mass is 10.1. The summed E-state index contributed by atoms with van der Waals surface area (Å²) in [6.07, 6.45) is 0.678. The van der Waals surface area contributed by atoms with Gasteiger partial charge in [-0.25, -0.2) is 0 Å². The van der Waals surface area contributed by atoms with E-state index in [2.05, 4.69) is 10.3 Å². The smallest absolute Gasteiger partial charge is 0.269 e. The van der Waals surface area contributed by atoms with Crippen LogP contribution in [0.1, 0.15) is 29.1 Å². The van der Waals surface area contributed by atoms with Gasteiger partial charge in [0, 0.05) is 12.7 Å². The Kier molecular flexibility index (Phi) is 6.06. The normalized spacial score (nSPS) is 13.4. The van der Waals surface area contributed by atoms with Gasteiger partial charge in [0.15, 0.2) is 0 Å². The Balaban J connectivity index is 1.72. The van der Waals surface area contributed by atoms with E-state index in [9.17, 15) is 9.90 Å². The minimum absolute atomic E-state index is 0.109. The number of nitrogens with one attached hydrogen (secondary N) is 1. The Labute approximate surface area is 130 Å². The number of pyridine rings is 1. The van der Waals surface area contributed by atoms with Crippen molar-refractivity contribution >= 4 is 5.91 Å². The summed E-state index contributed by atoms with van der Waals surface area (Å²) in [4.78, 5) is 15.7. The fourth-order valence-electron chi connectivity index (χ4n) is 1.93. The zero-order valence-electron chi connectivity index (χ0n) is 12.5. The Morgan fingerprint density at radius 2 is 1.95 bits per heavy atom. The van der Waals surface area contributed by atoms with Crippen molar-refractivity contribution in [2.45, 2.75) is 19.1 Å². The molecule has 0 aliphatic carbocycles. The Bertz CT molecular complexity index is 575. The minimum atomic E-state index is -0.765. The van der Waals surface area contributed by atoms with Crippen LogP contribution in [0, 0.1) is 0 Å². The van der Waals surface area contributed by atoms with Gasteiger partial charge in [0.1, 0.15) is 5.69 Å². The van der Waals surface area contributed by atoms with Crippen molar-refractivity contribution < 1.29 is 14.6 Å². The fraction of sp³-hybridized carbons (Fsp3) is 0.294. The molecule has 0 bridgehead atoms. The predicted molar refractivity (Wildman–Crippen MR) is 83.4 cm³/mol. The van der Waals surface area contributed by atoms with Crippen LogP contribution in [0.25, 0.3) is 0 Å². The molecule has 0 saturated heterocycles. The number of nitrogens with zero attached hydrogens (tertiary/aromatic N) is 1. The summed E-state index contributed by atoms with van der Waals surface area (Å²) in [6.45, 7) is 2.20. The lowest BCUT2D eigenvalue weighted by molar-refractivity contribution is -0.00173. The lowest BCUT2D eigenvalue weighted by Crippen LogP contribution is -2.35. The van der Waals surface area contributed by atoms with Crippen LogP contribution in [-0.2, 0) is 4.74 Å². The zero-order chi connectivity index (χ0) is 15.8. The van der Waals surface area contributed by atoms with Crippen molar-refractivity contribution in [2.75, 3.05) is 13.2 Å². The summed E-state index contributed by atoms with van der Waals surface area (Å²) < 4.78 is 5.61. The number of aliphatic hydroxyl groups is 1. The summed E-state index contributed by atoms with van der Waals surface area (Å²) in [5.74, 6) is -0.309. The van der Waals surface area contributed by atoms with Crippen molar-refractivity contribution in [3.05, 3.63) is 66.0 Å². The van der Waals surface area contributed by atoms with Crippen LogP contribution in [-0.4, -0.2) is 35.3 Å². The second kappa shape index (κ2) is 8.26. The van der Waals surface area contributed by atoms with Gasteiger partial charge in [0.25, 0.3) is 5.91 Å². The van der Waals surface area contributed by atoms with Crippen LogP contribution in [0.5, 0.6) is 0 Å². The highest BCUT2D eigenvalue weighted by atomic mass is 16.5. The first-order valence-corrected chi connectivity index (χ1v) is 7.20. The van der Waals surface area contributed by atoms with Crippen LogP contribution < -0.4 is 5.32 Å². The lowest BCUT2D eigenvalue weighted by Gasteiger charge is -2.17. The molecule has 0 unspecified atom stereocenters. The maximum absolute atomic E-state index is 11.8. The number of hydrogen-bond acceptors (Lipinski definition) is 4. The number of ether oxygens (including phenoxy) is 1. The molecule has 0 aliphatic rings. The van der Waals surface area contributed by atoms with E-state index in [-0.39, 0.29) is 25.2 Å². The number of carbonyl (C=O) groups is 1. The summed E-state index contributed by atoms with van der Waals surface area (Å²) >= 11 is 0. The van der Waals surface area contributed by atoms with Crippen molar-refractivity contribution in [1.29, 1.82) is 0 Å². The van der Waals surface area contributed by atoms with Gasteiger partial charge < -0.3 is 15.2 Å². The molecule has 5 heteroatoms. The van der Waals surface area contributed by atoms with E-state index >= 15 is 0 Å². The molecular weight excluding hydrogens is 280 g/mol. The molecule has 2 rings (SSSR count). The average Bonchev–Trinajstić information content (AvgIpc) is 2.59. The molecule has 1 heterocycles. The van der Waals surface area contributed by atoms with Gasteiger partial charge in [0.2, 0.25) is 0 Å². The molecule has 116 valence electrons. The number of aliphatic hydroxyl groups excluding tert-OH is 1. The highest BCUT2D eigenvalue weighted by Gasteiger charge is 2.12. The van der Waals surface area contributed by atoms with Gasteiger partial charge in [-0.15, -0.1) is 0 Å². The quantitative estimate of drug-likeness (QED) is 0.820. The molecule has 5 nitrogen and oxygen atoms in total. The Hall–Kier alpha value is -2.24. The largest absolute Gasteiger partial charge is 0.389 e. The molecule has 0 saturated carbocycles. The van der Waals surface area contributed by atoms with Gasteiger partial charge in [-0.2, -0.15) is 0 Å². The molecule has 0 fully saturated rings. The maximum Gasteiger partial charge on any atom is 0.269 e. The first kappa shape index (κ1) is 16.1. The minimum Gasteiger partial charge on any atom is -0.389 e. The molecule has 1 aromatic carbocycles. The van der Waals surface area contributed by atoms with E-state index in [4.69, 9.17) is 4.74 Å². The van der Waals surface area contributed by atoms with Crippen molar-refractivity contribution in [1.82, 2.24) is 10.3 Å². The average molecular weight is 300 g/mol. The maximum atomic E-state index is 11.8. The van der Waals surface area contributed by atoms with E-state index in [0.29, 0.717) is 5.69 Å². The molecule has 0 spiro atoms. The van der Waals surface area contributed by atoms with E-state index in [0.717, 1.165) is 5.56 Å². The van der Waals surface area contributed by atoms with Crippen LogP contribution in [0.2, 0.25) is 0 Å². The molecule has 2 atom stereocenters.